The molecule has 1 aromatic rings. The van der Waals surface area contributed by atoms with Crippen LogP contribution in [0.3, 0.4) is 0 Å². The average Bonchev–Trinajstić information content (AvgIpc) is 2.91. The first-order valence-electron chi connectivity index (χ1n) is 7.34. The monoisotopic (exact) mass is 281 g/mol. The van der Waals surface area contributed by atoms with E-state index in [0.717, 1.165) is 31.2 Å². The Morgan fingerprint density at radius 1 is 1.42 bits per heavy atom. The van der Waals surface area contributed by atoms with Crippen molar-refractivity contribution in [3.05, 3.63) is 34.9 Å². The van der Waals surface area contributed by atoms with E-state index in [1.165, 1.54) is 24.8 Å². The van der Waals surface area contributed by atoms with Crippen molar-refractivity contribution in [2.75, 3.05) is 19.8 Å². The smallest absolute Gasteiger partial charge is 0.0495 e. The van der Waals surface area contributed by atoms with Gasteiger partial charge in [-0.1, -0.05) is 36.7 Å². The van der Waals surface area contributed by atoms with E-state index >= 15 is 0 Å². The van der Waals surface area contributed by atoms with Gasteiger partial charge in [0.05, 0.1) is 0 Å². The molecule has 2 atom stereocenters. The van der Waals surface area contributed by atoms with E-state index in [0.29, 0.717) is 12.0 Å². The van der Waals surface area contributed by atoms with Crippen molar-refractivity contribution in [1.82, 2.24) is 5.32 Å². The maximum atomic E-state index is 6.27. The summed E-state index contributed by atoms with van der Waals surface area (Å²) in [6.07, 6.45) is 4.56. The van der Waals surface area contributed by atoms with Crippen LogP contribution in [0.2, 0.25) is 5.02 Å². The number of halogens is 1. The Balaban J connectivity index is 1.94. The van der Waals surface area contributed by atoms with Crippen LogP contribution >= 0.6 is 11.6 Å². The summed E-state index contributed by atoms with van der Waals surface area (Å²) in [7, 11) is 0. The predicted molar refractivity (Wildman–Crippen MR) is 80.8 cm³/mol. The van der Waals surface area contributed by atoms with Gasteiger partial charge in [0.25, 0.3) is 0 Å². The van der Waals surface area contributed by atoms with Gasteiger partial charge < -0.3 is 10.1 Å². The molecule has 3 heteroatoms. The molecule has 1 aromatic carbocycles. The highest BCUT2D eigenvalue weighted by Gasteiger charge is 2.21. The standard InChI is InChI=1S/C16H24ClNO/c1-2-8-18-15(10-13-7-9-19-12-13)11-14-5-3-4-6-16(14)17/h3-6,13,15,18H,2,7-12H2,1H3. The third-order valence-electron chi connectivity index (χ3n) is 3.75. The molecule has 1 aliphatic rings. The van der Waals surface area contributed by atoms with Crippen molar-refractivity contribution >= 4 is 11.6 Å². The fourth-order valence-corrected chi connectivity index (χ4v) is 2.90. The number of ether oxygens (including phenoxy) is 1. The van der Waals surface area contributed by atoms with Gasteiger partial charge in [-0.05, 0) is 49.8 Å². The van der Waals surface area contributed by atoms with Crippen LogP contribution in [0.15, 0.2) is 24.3 Å². The summed E-state index contributed by atoms with van der Waals surface area (Å²) < 4.78 is 5.48. The molecule has 0 aromatic heterocycles. The number of rotatable bonds is 7. The Hall–Kier alpha value is -0.570. The Labute approximate surface area is 121 Å². The van der Waals surface area contributed by atoms with Crippen molar-refractivity contribution in [3.63, 3.8) is 0 Å². The molecule has 0 saturated carbocycles. The third kappa shape index (κ3) is 4.79. The molecule has 1 aliphatic heterocycles. The first-order chi connectivity index (χ1) is 9.29. The zero-order chi connectivity index (χ0) is 13.5. The van der Waals surface area contributed by atoms with E-state index in [9.17, 15) is 0 Å². The highest BCUT2D eigenvalue weighted by molar-refractivity contribution is 6.31. The minimum absolute atomic E-state index is 0.506. The van der Waals surface area contributed by atoms with Crippen LogP contribution in [0, 0.1) is 5.92 Å². The number of nitrogens with one attached hydrogen (secondary N) is 1. The van der Waals surface area contributed by atoms with E-state index in [2.05, 4.69) is 24.4 Å². The third-order valence-corrected chi connectivity index (χ3v) is 4.12. The molecule has 0 spiro atoms. The molecule has 2 rings (SSSR count). The van der Waals surface area contributed by atoms with Crippen molar-refractivity contribution in [3.8, 4) is 0 Å². The fraction of sp³-hybridized carbons (Fsp3) is 0.625. The summed E-state index contributed by atoms with van der Waals surface area (Å²) in [6, 6.07) is 8.68. The Morgan fingerprint density at radius 2 is 2.26 bits per heavy atom. The summed E-state index contributed by atoms with van der Waals surface area (Å²) in [5.74, 6) is 0.705. The second kappa shape index (κ2) is 7.88. The van der Waals surface area contributed by atoms with Crippen molar-refractivity contribution in [2.24, 2.45) is 5.92 Å². The first-order valence-corrected chi connectivity index (χ1v) is 7.72. The second-order valence-corrected chi connectivity index (χ2v) is 5.82. The summed E-state index contributed by atoms with van der Waals surface area (Å²) in [4.78, 5) is 0. The van der Waals surface area contributed by atoms with E-state index in [1.54, 1.807) is 0 Å². The molecule has 0 amide bonds. The van der Waals surface area contributed by atoms with Crippen LogP contribution in [0.1, 0.15) is 31.7 Å². The van der Waals surface area contributed by atoms with Gasteiger partial charge in [0.15, 0.2) is 0 Å². The van der Waals surface area contributed by atoms with Gasteiger partial charge in [-0.3, -0.25) is 0 Å². The number of hydrogen-bond donors (Lipinski definition) is 1. The number of benzene rings is 1. The van der Waals surface area contributed by atoms with Crippen LogP contribution in [-0.2, 0) is 11.2 Å². The molecule has 1 fully saturated rings. The van der Waals surface area contributed by atoms with E-state index in [1.807, 2.05) is 12.1 Å². The van der Waals surface area contributed by atoms with Gasteiger partial charge in [-0.15, -0.1) is 0 Å². The summed E-state index contributed by atoms with van der Waals surface area (Å²) in [6.45, 7) is 5.13. The maximum Gasteiger partial charge on any atom is 0.0495 e. The molecule has 1 saturated heterocycles. The normalized spacial score (nSPS) is 20.6. The largest absolute Gasteiger partial charge is 0.381 e. The highest BCUT2D eigenvalue weighted by atomic mass is 35.5. The van der Waals surface area contributed by atoms with Crippen LogP contribution < -0.4 is 5.32 Å². The van der Waals surface area contributed by atoms with E-state index < -0.39 is 0 Å². The maximum absolute atomic E-state index is 6.27. The van der Waals surface area contributed by atoms with Crippen LogP contribution in [-0.4, -0.2) is 25.8 Å². The van der Waals surface area contributed by atoms with Gasteiger partial charge in [0.2, 0.25) is 0 Å². The fourth-order valence-electron chi connectivity index (χ4n) is 2.69. The van der Waals surface area contributed by atoms with E-state index in [4.69, 9.17) is 16.3 Å². The van der Waals surface area contributed by atoms with Gasteiger partial charge in [0, 0.05) is 24.3 Å². The SMILES string of the molecule is CCCNC(Cc1ccccc1Cl)CC1CCOC1. The molecule has 2 nitrogen and oxygen atoms in total. The summed E-state index contributed by atoms with van der Waals surface area (Å²) >= 11 is 6.27. The molecule has 0 bridgehead atoms. The quantitative estimate of drug-likeness (QED) is 0.823. The highest BCUT2D eigenvalue weighted by Crippen LogP contribution is 2.22. The topological polar surface area (TPSA) is 21.3 Å². The van der Waals surface area contributed by atoms with Crippen LogP contribution in [0.25, 0.3) is 0 Å². The van der Waals surface area contributed by atoms with Gasteiger partial charge in [0.1, 0.15) is 0 Å². The van der Waals surface area contributed by atoms with Crippen LogP contribution in [0.4, 0.5) is 0 Å². The minimum atomic E-state index is 0.506. The van der Waals surface area contributed by atoms with E-state index in [-0.39, 0.29) is 0 Å². The lowest BCUT2D eigenvalue weighted by atomic mass is 9.94. The molecule has 2 unspecified atom stereocenters. The first kappa shape index (κ1) is 14.8. The van der Waals surface area contributed by atoms with Crippen molar-refractivity contribution in [2.45, 2.75) is 38.6 Å². The Morgan fingerprint density at radius 3 is 2.95 bits per heavy atom. The van der Waals surface area contributed by atoms with Gasteiger partial charge in [-0.2, -0.15) is 0 Å². The summed E-state index contributed by atoms with van der Waals surface area (Å²) in [5.41, 5.74) is 1.25. The molecular weight excluding hydrogens is 258 g/mol. The summed E-state index contributed by atoms with van der Waals surface area (Å²) in [5, 5.41) is 4.54. The molecule has 19 heavy (non-hydrogen) atoms. The number of hydrogen-bond acceptors (Lipinski definition) is 2. The van der Waals surface area contributed by atoms with Crippen molar-refractivity contribution < 1.29 is 4.74 Å². The zero-order valence-corrected chi connectivity index (χ0v) is 12.5. The lowest BCUT2D eigenvalue weighted by Gasteiger charge is -2.22. The molecule has 1 heterocycles. The lowest BCUT2D eigenvalue weighted by Crippen LogP contribution is -2.34. The predicted octanol–water partition coefficient (Wildman–Crippen LogP) is 3.68. The zero-order valence-electron chi connectivity index (χ0n) is 11.7. The average molecular weight is 282 g/mol. The molecule has 1 N–H and O–H groups in total. The van der Waals surface area contributed by atoms with Crippen LogP contribution in [0.5, 0.6) is 0 Å². The minimum Gasteiger partial charge on any atom is -0.381 e. The molecule has 0 radical (unpaired) electrons. The molecule has 0 aliphatic carbocycles. The molecule has 106 valence electrons. The molecular formula is C16H24ClNO. The van der Waals surface area contributed by atoms with Crippen molar-refractivity contribution in [1.29, 1.82) is 0 Å². The van der Waals surface area contributed by atoms with Gasteiger partial charge in [-0.25, -0.2) is 0 Å². The van der Waals surface area contributed by atoms with Gasteiger partial charge >= 0.3 is 0 Å². The lowest BCUT2D eigenvalue weighted by molar-refractivity contribution is 0.181. The second-order valence-electron chi connectivity index (χ2n) is 5.41. The Bertz CT molecular complexity index is 377. The Kier molecular flexibility index (Phi) is 6.15.